The number of hydrogen-bond donors (Lipinski definition) is 2. The normalized spacial score (nSPS) is 11.8. The second-order valence-electron chi connectivity index (χ2n) is 5.39. The van der Waals surface area contributed by atoms with Crippen molar-refractivity contribution in [1.82, 2.24) is 5.32 Å². The quantitative estimate of drug-likeness (QED) is 0.825. The Balaban J connectivity index is 2.09. The molecule has 22 heavy (non-hydrogen) atoms. The van der Waals surface area contributed by atoms with Gasteiger partial charge in [0, 0.05) is 5.69 Å². The van der Waals surface area contributed by atoms with Crippen molar-refractivity contribution in [1.29, 1.82) is 0 Å². The molecule has 0 radical (unpaired) electrons. The Hall–Kier alpha value is -2.29. The summed E-state index contributed by atoms with van der Waals surface area (Å²) in [5.74, 6) is 0. The van der Waals surface area contributed by atoms with Crippen LogP contribution in [0.5, 0.6) is 0 Å². The second kappa shape index (κ2) is 7.64. The summed E-state index contributed by atoms with van der Waals surface area (Å²) in [6.07, 6.45) is 1.80. The molecular formula is C19H24N2O. The van der Waals surface area contributed by atoms with Crippen LogP contribution in [0.25, 0.3) is 0 Å². The van der Waals surface area contributed by atoms with Gasteiger partial charge in [-0.25, -0.2) is 4.79 Å². The van der Waals surface area contributed by atoms with Crippen molar-refractivity contribution in [2.24, 2.45) is 0 Å². The molecule has 0 aliphatic rings. The molecule has 2 N–H and O–H groups in total. The molecule has 2 rings (SSSR count). The van der Waals surface area contributed by atoms with Crippen LogP contribution in [0.4, 0.5) is 10.5 Å². The lowest BCUT2D eigenvalue weighted by molar-refractivity contribution is 0.249. The number of para-hydroxylation sites is 1. The zero-order valence-electron chi connectivity index (χ0n) is 13.5. The molecule has 0 aliphatic carbocycles. The number of carbonyl (C=O) groups excluding carboxylic acids is 1. The van der Waals surface area contributed by atoms with Crippen LogP contribution in [-0.4, -0.2) is 6.03 Å². The predicted octanol–water partition coefficient (Wildman–Crippen LogP) is 4.69. The predicted molar refractivity (Wildman–Crippen MR) is 92.2 cm³/mol. The van der Waals surface area contributed by atoms with Crippen LogP contribution in [0.1, 0.15) is 43.5 Å². The van der Waals surface area contributed by atoms with E-state index in [1.807, 2.05) is 43.3 Å². The Kier molecular flexibility index (Phi) is 5.59. The average molecular weight is 296 g/mol. The highest BCUT2D eigenvalue weighted by atomic mass is 16.2. The minimum atomic E-state index is -0.160. The third-order valence-corrected chi connectivity index (χ3v) is 3.88. The fourth-order valence-electron chi connectivity index (χ4n) is 2.57. The zero-order chi connectivity index (χ0) is 15.9. The molecule has 0 unspecified atom stereocenters. The van der Waals surface area contributed by atoms with E-state index >= 15 is 0 Å². The van der Waals surface area contributed by atoms with Crippen molar-refractivity contribution in [3.8, 4) is 0 Å². The first-order valence-corrected chi connectivity index (χ1v) is 7.88. The van der Waals surface area contributed by atoms with E-state index in [0.29, 0.717) is 0 Å². The van der Waals surface area contributed by atoms with Crippen LogP contribution in [0.15, 0.2) is 48.5 Å². The molecule has 0 saturated carbocycles. The van der Waals surface area contributed by atoms with Gasteiger partial charge in [0.05, 0.1) is 6.04 Å². The van der Waals surface area contributed by atoms with Crippen molar-refractivity contribution in [2.45, 2.75) is 39.7 Å². The van der Waals surface area contributed by atoms with Crippen molar-refractivity contribution >= 4 is 11.7 Å². The molecule has 2 aromatic rings. The van der Waals surface area contributed by atoms with Crippen molar-refractivity contribution in [3.63, 3.8) is 0 Å². The van der Waals surface area contributed by atoms with E-state index in [1.165, 1.54) is 11.1 Å². The largest absolute Gasteiger partial charge is 0.331 e. The van der Waals surface area contributed by atoms with Gasteiger partial charge >= 0.3 is 6.03 Å². The first kappa shape index (κ1) is 16.1. The molecule has 3 nitrogen and oxygen atoms in total. The number of aryl methyl sites for hydroxylation is 2. The SMILES string of the molecule is CCc1cccc(CC)c1NC(=O)N[C@H](C)c1ccccc1. The number of nitrogens with one attached hydrogen (secondary N) is 2. The van der Waals surface area contributed by atoms with Crippen LogP contribution in [0.2, 0.25) is 0 Å². The Morgan fingerprint density at radius 1 is 0.955 bits per heavy atom. The van der Waals surface area contributed by atoms with E-state index < -0.39 is 0 Å². The topological polar surface area (TPSA) is 41.1 Å². The Morgan fingerprint density at radius 3 is 2.09 bits per heavy atom. The number of urea groups is 1. The van der Waals surface area contributed by atoms with Crippen LogP contribution in [0.3, 0.4) is 0 Å². The highest BCUT2D eigenvalue weighted by molar-refractivity contribution is 5.91. The summed E-state index contributed by atoms with van der Waals surface area (Å²) in [6.45, 7) is 6.19. The monoisotopic (exact) mass is 296 g/mol. The minimum Gasteiger partial charge on any atom is -0.331 e. The van der Waals surface area contributed by atoms with Crippen LogP contribution >= 0.6 is 0 Å². The molecule has 116 valence electrons. The molecule has 0 saturated heterocycles. The summed E-state index contributed by atoms with van der Waals surface area (Å²) < 4.78 is 0. The number of hydrogen-bond acceptors (Lipinski definition) is 1. The van der Waals surface area contributed by atoms with Crippen molar-refractivity contribution in [2.75, 3.05) is 5.32 Å². The van der Waals surface area contributed by atoms with Gasteiger partial charge in [-0.1, -0.05) is 62.4 Å². The number of amides is 2. The molecule has 1 atom stereocenters. The third-order valence-electron chi connectivity index (χ3n) is 3.88. The first-order valence-electron chi connectivity index (χ1n) is 7.88. The molecular weight excluding hydrogens is 272 g/mol. The van der Waals surface area contributed by atoms with Crippen LogP contribution < -0.4 is 10.6 Å². The first-order chi connectivity index (χ1) is 10.7. The molecule has 0 aromatic heterocycles. The van der Waals surface area contributed by atoms with Gasteiger partial charge in [0.15, 0.2) is 0 Å². The zero-order valence-corrected chi connectivity index (χ0v) is 13.5. The summed E-state index contributed by atoms with van der Waals surface area (Å²) in [5.41, 5.74) is 4.38. The second-order valence-corrected chi connectivity index (χ2v) is 5.39. The fraction of sp³-hybridized carbons (Fsp3) is 0.316. The smallest absolute Gasteiger partial charge is 0.319 e. The maximum absolute atomic E-state index is 12.3. The average Bonchev–Trinajstić information content (AvgIpc) is 2.55. The highest BCUT2D eigenvalue weighted by Crippen LogP contribution is 2.22. The number of anilines is 1. The molecule has 0 bridgehead atoms. The number of benzene rings is 2. The van der Waals surface area contributed by atoms with Gasteiger partial charge in [-0.15, -0.1) is 0 Å². The van der Waals surface area contributed by atoms with Crippen molar-refractivity contribution in [3.05, 3.63) is 65.2 Å². The number of carbonyl (C=O) groups is 1. The lowest BCUT2D eigenvalue weighted by Gasteiger charge is -2.18. The highest BCUT2D eigenvalue weighted by Gasteiger charge is 2.12. The summed E-state index contributed by atoms with van der Waals surface area (Å²) >= 11 is 0. The van der Waals surface area contributed by atoms with E-state index in [-0.39, 0.29) is 12.1 Å². The third kappa shape index (κ3) is 3.88. The van der Waals surface area contributed by atoms with Gasteiger partial charge in [0.2, 0.25) is 0 Å². The summed E-state index contributed by atoms with van der Waals surface area (Å²) in [5, 5.41) is 6.03. The molecule has 3 heteroatoms. The van der Waals surface area contributed by atoms with Crippen molar-refractivity contribution < 1.29 is 4.79 Å². The lowest BCUT2D eigenvalue weighted by Crippen LogP contribution is -2.31. The standard InChI is InChI=1S/C19H24N2O/c1-4-15-12-9-13-16(5-2)18(15)21-19(22)20-14(3)17-10-7-6-8-11-17/h6-14H,4-5H2,1-3H3,(H2,20,21,22)/t14-/m1/s1. The Labute approximate surface area is 132 Å². The molecule has 0 aliphatic heterocycles. The Bertz CT molecular complexity index is 600. The van der Waals surface area contributed by atoms with Gasteiger partial charge in [0.25, 0.3) is 0 Å². The molecule has 0 fully saturated rings. The number of rotatable bonds is 5. The van der Waals surface area contributed by atoms with Gasteiger partial charge in [-0.2, -0.15) is 0 Å². The maximum Gasteiger partial charge on any atom is 0.319 e. The molecule has 2 aromatic carbocycles. The van der Waals surface area contributed by atoms with Crippen LogP contribution in [-0.2, 0) is 12.8 Å². The minimum absolute atomic E-state index is 0.0277. The van der Waals surface area contributed by atoms with E-state index in [1.54, 1.807) is 0 Å². The molecule has 0 spiro atoms. The summed E-state index contributed by atoms with van der Waals surface area (Å²) in [7, 11) is 0. The van der Waals surface area contributed by atoms with E-state index in [9.17, 15) is 4.79 Å². The maximum atomic E-state index is 12.3. The van der Waals surface area contributed by atoms with E-state index in [4.69, 9.17) is 0 Å². The summed E-state index contributed by atoms with van der Waals surface area (Å²) in [6, 6.07) is 16.0. The molecule has 0 heterocycles. The van der Waals surface area contributed by atoms with Gasteiger partial charge in [-0.05, 0) is 36.5 Å². The molecule has 2 amide bonds. The fourth-order valence-corrected chi connectivity index (χ4v) is 2.57. The van der Waals surface area contributed by atoms with Gasteiger partial charge < -0.3 is 10.6 Å². The summed E-state index contributed by atoms with van der Waals surface area (Å²) in [4.78, 5) is 12.3. The van der Waals surface area contributed by atoms with Gasteiger partial charge in [0.1, 0.15) is 0 Å². The van der Waals surface area contributed by atoms with Crippen LogP contribution in [0, 0.1) is 0 Å². The van der Waals surface area contributed by atoms with E-state index in [0.717, 1.165) is 24.1 Å². The van der Waals surface area contributed by atoms with Gasteiger partial charge in [-0.3, -0.25) is 0 Å². The Morgan fingerprint density at radius 2 is 1.55 bits per heavy atom. The lowest BCUT2D eigenvalue weighted by atomic mass is 10.0. The van der Waals surface area contributed by atoms with E-state index in [2.05, 4.69) is 36.6 Å².